The van der Waals surface area contributed by atoms with Gasteiger partial charge in [-0.25, -0.2) is 0 Å². The number of aryl methyl sites for hydroxylation is 1. The summed E-state index contributed by atoms with van der Waals surface area (Å²) in [5, 5.41) is 23.0. The number of pyridine rings is 1. The molecule has 0 amide bonds. The second-order valence-electron chi connectivity index (χ2n) is 6.79. The van der Waals surface area contributed by atoms with E-state index in [-0.39, 0.29) is 6.61 Å². The molecule has 3 N–H and O–H groups in total. The number of nitrogens with one attached hydrogen (secondary N) is 1. The minimum Gasteiger partial charge on any atom is -0.393 e. The number of benzene rings is 2. The molecular formula is C22H21ClN2O2. The molecule has 0 saturated heterocycles. The van der Waals surface area contributed by atoms with Crippen molar-refractivity contribution in [3.63, 3.8) is 0 Å². The molecule has 0 fully saturated rings. The molecule has 0 saturated carbocycles. The molecule has 1 aliphatic carbocycles. The highest BCUT2D eigenvalue weighted by atomic mass is 35.5. The number of hydrogen-bond donors (Lipinski definition) is 3. The number of nitrogens with zero attached hydrogens (tertiary/aromatic N) is 1. The minimum absolute atomic E-state index is 0.284. The topological polar surface area (TPSA) is 65.4 Å². The zero-order valence-electron chi connectivity index (χ0n) is 14.8. The first-order valence-corrected chi connectivity index (χ1v) is 9.46. The average molecular weight is 381 g/mol. The molecule has 1 aliphatic rings. The van der Waals surface area contributed by atoms with E-state index in [0.717, 1.165) is 47.6 Å². The zero-order chi connectivity index (χ0) is 18.8. The lowest BCUT2D eigenvalue weighted by atomic mass is 10.1. The molecule has 4 rings (SSSR count). The third-order valence-corrected chi connectivity index (χ3v) is 5.15. The van der Waals surface area contributed by atoms with E-state index in [2.05, 4.69) is 11.4 Å². The minimum atomic E-state index is -0.848. The van der Waals surface area contributed by atoms with E-state index in [1.807, 2.05) is 48.5 Å². The smallest absolute Gasteiger partial charge is 0.102 e. The van der Waals surface area contributed by atoms with Gasteiger partial charge in [0.1, 0.15) is 6.10 Å². The Labute approximate surface area is 163 Å². The van der Waals surface area contributed by atoms with Crippen LogP contribution in [-0.2, 0) is 12.8 Å². The van der Waals surface area contributed by atoms with Gasteiger partial charge in [-0.1, -0.05) is 35.9 Å². The van der Waals surface area contributed by atoms with E-state index >= 15 is 0 Å². The summed E-state index contributed by atoms with van der Waals surface area (Å²) in [5.74, 6) is 0. The summed E-state index contributed by atoms with van der Waals surface area (Å²) in [5.41, 5.74) is 7.00. The summed E-state index contributed by atoms with van der Waals surface area (Å²) in [6, 6.07) is 17.3. The molecular weight excluding hydrogens is 360 g/mol. The van der Waals surface area contributed by atoms with Crippen LogP contribution in [0.3, 0.4) is 0 Å². The van der Waals surface area contributed by atoms with Crippen LogP contribution < -0.4 is 5.32 Å². The van der Waals surface area contributed by atoms with Crippen LogP contribution in [-0.4, -0.2) is 21.8 Å². The van der Waals surface area contributed by atoms with Gasteiger partial charge in [-0.3, -0.25) is 4.98 Å². The number of rotatable bonds is 5. The first-order chi connectivity index (χ1) is 13.1. The maximum Gasteiger partial charge on any atom is 0.102 e. The van der Waals surface area contributed by atoms with Gasteiger partial charge in [-0.2, -0.15) is 0 Å². The number of aliphatic hydroxyl groups excluding tert-OH is 2. The van der Waals surface area contributed by atoms with Crippen LogP contribution in [0.1, 0.15) is 29.3 Å². The predicted octanol–water partition coefficient (Wildman–Crippen LogP) is 4.66. The molecule has 138 valence electrons. The van der Waals surface area contributed by atoms with Crippen molar-refractivity contribution in [1.82, 2.24) is 4.98 Å². The van der Waals surface area contributed by atoms with Gasteiger partial charge in [-0.05, 0) is 60.7 Å². The van der Waals surface area contributed by atoms with Crippen molar-refractivity contribution in [3.8, 4) is 11.3 Å². The second-order valence-corrected chi connectivity index (χ2v) is 7.23. The molecule has 4 nitrogen and oxygen atoms in total. The Balaban J connectivity index is 1.68. The lowest BCUT2D eigenvalue weighted by molar-refractivity contribution is 0.0956. The molecule has 1 atom stereocenters. The molecule has 27 heavy (non-hydrogen) atoms. The molecule has 0 spiro atoms. The van der Waals surface area contributed by atoms with E-state index in [0.29, 0.717) is 10.6 Å². The van der Waals surface area contributed by atoms with Crippen LogP contribution in [0.15, 0.2) is 54.6 Å². The average Bonchev–Trinajstić information content (AvgIpc) is 3.17. The highest BCUT2D eigenvalue weighted by Gasteiger charge is 2.19. The zero-order valence-corrected chi connectivity index (χ0v) is 15.6. The quantitative estimate of drug-likeness (QED) is 0.602. The Morgan fingerprint density at radius 1 is 1.07 bits per heavy atom. The van der Waals surface area contributed by atoms with Crippen molar-refractivity contribution in [3.05, 3.63) is 76.4 Å². The fraction of sp³-hybridized carbons (Fsp3) is 0.227. The van der Waals surface area contributed by atoms with E-state index in [1.54, 1.807) is 0 Å². The Hall–Kier alpha value is -2.40. The van der Waals surface area contributed by atoms with Gasteiger partial charge >= 0.3 is 0 Å². The Kier molecular flexibility index (Phi) is 5.12. The second kappa shape index (κ2) is 7.69. The monoisotopic (exact) mass is 380 g/mol. The van der Waals surface area contributed by atoms with Crippen LogP contribution in [0.25, 0.3) is 11.3 Å². The summed E-state index contributed by atoms with van der Waals surface area (Å²) in [4.78, 5) is 4.86. The number of anilines is 2. The Bertz CT molecular complexity index is 957. The molecule has 1 unspecified atom stereocenters. The number of aliphatic hydroxyl groups is 2. The third-order valence-electron chi connectivity index (χ3n) is 4.92. The largest absolute Gasteiger partial charge is 0.393 e. The molecule has 5 heteroatoms. The Morgan fingerprint density at radius 2 is 1.89 bits per heavy atom. The number of fused-ring (bicyclic) bond motifs is 1. The van der Waals surface area contributed by atoms with Crippen molar-refractivity contribution in [1.29, 1.82) is 0 Å². The summed E-state index contributed by atoms with van der Waals surface area (Å²) >= 11 is 6.15. The first-order valence-electron chi connectivity index (χ1n) is 9.08. The van der Waals surface area contributed by atoms with E-state index < -0.39 is 6.10 Å². The predicted molar refractivity (Wildman–Crippen MR) is 108 cm³/mol. The van der Waals surface area contributed by atoms with Crippen molar-refractivity contribution in [2.75, 3.05) is 11.9 Å². The van der Waals surface area contributed by atoms with Crippen LogP contribution in [0.2, 0.25) is 5.02 Å². The maximum atomic E-state index is 9.73. The first kappa shape index (κ1) is 18.0. The van der Waals surface area contributed by atoms with Gasteiger partial charge in [-0.15, -0.1) is 0 Å². The molecule has 0 bridgehead atoms. The standard InChI is InChI=1S/C22H21ClN2O2/c23-16-4-1-3-15(11-16)20-12-21(18-5-2-6-19(18)25-20)24-17-9-7-14(8-10-17)22(27)13-26/h1,3-4,7-12,22,26-27H,2,5-6,13H2,(H,24,25). The molecule has 0 aliphatic heterocycles. The summed E-state index contributed by atoms with van der Waals surface area (Å²) in [6.45, 7) is -0.284. The lowest BCUT2D eigenvalue weighted by Crippen LogP contribution is -2.03. The normalized spacial score (nSPS) is 14.0. The number of hydrogen-bond acceptors (Lipinski definition) is 4. The van der Waals surface area contributed by atoms with Crippen LogP contribution in [0, 0.1) is 0 Å². The Morgan fingerprint density at radius 3 is 2.63 bits per heavy atom. The summed E-state index contributed by atoms with van der Waals surface area (Å²) in [7, 11) is 0. The van der Waals surface area contributed by atoms with Gasteiger partial charge in [0.2, 0.25) is 0 Å². The highest BCUT2D eigenvalue weighted by Crippen LogP contribution is 2.34. The molecule has 3 aromatic rings. The van der Waals surface area contributed by atoms with Crippen LogP contribution in [0.5, 0.6) is 0 Å². The summed E-state index contributed by atoms with van der Waals surface area (Å²) in [6.07, 6.45) is 2.26. The lowest BCUT2D eigenvalue weighted by Gasteiger charge is -2.15. The molecule has 2 aromatic carbocycles. The third kappa shape index (κ3) is 3.83. The fourth-order valence-corrected chi connectivity index (χ4v) is 3.69. The van der Waals surface area contributed by atoms with Gasteiger partial charge in [0, 0.05) is 27.7 Å². The van der Waals surface area contributed by atoms with E-state index in [1.165, 1.54) is 5.56 Å². The van der Waals surface area contributed by atoms with E-state index in [9.17, 15) is 5.11 Å². The van der Waals surface area contributed by atoms with Gasteiger partial charge in [0.25, 0.3) is 0 Å². The van der Waals surface area contributed by atoms with Gasteiger partial charge in [0.15, 0.2) is 0 Å². The van der Waals surface area contributed by atoms with Crippen LogP contribution >= 0.6 is 11.6 Å². The number of halogens is 1. The summed E-state index contributed by atoms with van der Waals surface area (Å²) < 4.78 is 0. The van der Waals surface area contributed by atoms with Crippen molar-refractivity contribution < 1.29 is 10.2 Å². The van der Waals surface area contributed by atoms with Gasteiger partial charge in [0.05, 0.1) is 12.3 Å². The van der Waals surface area contributed by atoms with E-state index in [4.69, 9.17) is 21.7 Å². The SMILES string of the molecule is OCC(O)c1ccc(Nc2cc(-c3cccc(Cl)c3)nc3c2CCC3)cc1. The molecule has 0 radical (unpaired) electrons. The fourth-order valence-electron chi connectivity index (χ4n) is 3.50. The maximum absolute atomic E-state index is 9.73. The van der Waals surface area contributed by atoms with Crippen LogP contribution in [0.4, 0.5) is 11.4 Å². The number of aromatic nitrogens is 1. The van der Waals surface area contributed by atoms with Crippen molar-refractivity contribution in [2.24, 2.45) is 0 Å². The van der Waals surface area contributed by atoms with Gasteiger partial charge < -0.3 is 15.5 Å². The molecule has 1 aromatic heterocycles. The van der Waals surface area contributed by atoms with Crippen molar-refractivity contribution in [2.45, 2.75) is 25.4 Å². The molecule has 1 heterocycles. The highest BCUT2D eigenvalue weighted by molar-refractivity contribution is 6.30. The van der Waals surface area contributed by atoms with Crippen molar-refractivity contribution >= 4 is 23.0 Å².